The molecular weight excluding hydrogens is 358 g/mol. The fourth-order valence-corrected chi connectivity index (χ4v) is 3.14. The standard InChI is InChI=1S/C21H31N3O4/c1-15(2)10-19(25)22(11-16(3)4)12-20(26)23-13-21(27)24(14-23)17-6-8-18(28-5)9-7-17/h6-9,15-16H,10-14H2,1-5H3. The summed E-state index contributed by atoms with van der Waals surface area (Å²) in [7, 11) is 1.58. The van der Waals surface area contributed by atoms with E-state index in [0.717, 1.165) is 5.69 Å². The van der Waals surface area contributed by atoms with Crippen molar-refractivity contribution in [3.63, 3.8) is 0 Å². The zero-order chi connectivity index (χ0) is 20.8. The molecule has 154 valence electrons. The van der Waals surface area contributed by atoms with Gasteiger partial charge in [0.2, 0.25) is 17.7 Å². The molecule has 0 aromatic heterocycles. The molecule has 0 radical (unpaired) electrons. The van der Waals surface area contributed by atoms with Crippen LogP contribution in [-0.2, 0) is 14.4 Å². The number of methoxy groups -OCH3 is 1. The summed E-state index contributed by atoms with van der Waals surface area (Å²) in [5, 5.41) is 0. The van der Waals surface area contributed by atoms with Crippen molar-refractivity contribution in [3.8, 4) is 5.75 Å². The molecule has 1 fully saturated rings. The van der Waals surface area contributed by atoms with E-state index in [4.69, 9.17) is 4.74 Å². The zero-order valence-electron chi connectivity index (χ0n) is 17.5. The van der Waals surface area contributed by atoms with E-state index in [9.17, 15) is 14.4 Å². The van der Waals surface area contributed by atoms with E-state index < -0.39 is 0 Å². The average Bonchev–Trinajstić information content (AvgIpc) is 3.02. The van der Waals surface area contributed by atoms with Gasteiger partial charge in [-0.05, 0) is 36.1 Å². The Morgan fingerprint density at radius 3 is 2.29 bits per heavy atom. The van der Waals surface area contributed by atoms with Gasteiger partial charge in [0.1, 0.15) is 19.0 Å². The minimum Gasteiger partial charge on any atom is -0.497 e. The fourth-order valence-electron chi connectivity index (χ4n) is 3.14. The molecule has 0 bridgehead atoms. The number of hydrogen-bond acceptors (Lipinski definition) is 4. The van der Waals surface area contributed by atoms with Crippen LogP contribution in [0.25, 0.3) is 0 Å². The van der Waals surface area contributed by atoms with Gasteiger partial charge in [0.25, 0.3) is 0 Å². The summed E-state index contributed by atoms with van der Waals surface area (Å²) < 4.78 is 5.14. The molecular formula is C21H31N3O4. The highest BCUT2D eigenvalue weighted by atomic mass is 16.5. The monoisotopic (exact) mass is 389 g/mol. The van der Waals surface area contributed by atoms with Crippen molar-refractivity contribution in [2.24, 2.45) is 11.8 Å². The lowest BCUT2D eigenvalue weighted by Gasteiger charge is -2.27. The smallest absolute Gasteiger partial charge is 0.248 e. The van der Waals surface area contributed by atoms with Crippen LogP contribution in [-0.4, -0.2) is 60.9 Å². The topological polar surface area (TPSA) is 70.2 Å². The van der Waals surface area contributed by atoms with Gasteiger partial charge < -0.3 is 14.5 Å². The molecule has 0 N–H and O–H groups in total. The van der Waals surface area contributed by atoms with Crippen LogP contribution in [0, 0.1) is 11.8 Å². The molecule has 1 aliphatic heterocycles. The summed E-state index contributed by atoms with van der Waals surface area (Å²) in [6.07, 6.45) is 0.414. The SMILES string of the molecule is COc1ccc(N2CN(C(=O)CN(CC(C)C)C(=O)CC(C)C)CC2=O)cc1. The molecule has 0 aliphatic carbocycles. The molecule has 1 aromatic carbocycles. The Balaban J connectivity index is 2.04. The molecule has 7 nitrogen and oxygen atoms in total. The Hall–Kier alpha value is -2.57. The van der Waals surface area contributed by atoms with Crippen molar-refractivity contribution in [1.29, 1.82) is 0 Å². The quantitative estimate of drug-likeness (QED) is 0.684. The van der Waals surface area contributed by atoms with Gasteiger partial charge in [0.15, 0.2) is 0 Å². The van der Waals surface area contributed by atoms with Crippen molar-refractivity contribution in [2.75, 3.05) is 38.3 Å². The van der Waals surface area contributed by atoms with Crippen LogP contribution in [0.5, 0.6) is 5.75 Å². The first kappa shape index (κ1) is 21.7. The molecule has 1 heterocycles. The summed E-state index contributed by atoms with van der Waals surface area (Å²) >= 11 is 0. The second kappa shape index (κ2) is 9.57. The highest BCUT2D eigenvalue weighted by Gasteiger charge is 2.33. The number of anilines is 1. The Kier molecular flexibility index (Phi) is 7.43. The molecule has 0 saturated carbocycles. The van der Waals surface area contributed by atoms with Crippen molar-refractivity contribution in [1.82, 2.24) is 9.80 Å². The van der Waals surface area contributed by atoms with Crippen molar-refractivity contribution in [3.05, 3.63) is 24.3 Å². The van der Waals surface area contributed by atoms with E-state index >= 15 is 0 Å². The number of amides is 3. The molecule has 0 spiro atoms. The van der Waals surface area contributed by atoms with E-state index in [1.807, 2.05) is 27.7 Å². The van der Waals surface area contributed by atoms with Crippen LogP contribution in [0.15, 0.2) is 24.3 Å². The zero-order valence-corrected chi connectivity index (χ0v) is 17.5. The Labute approximate surface area is 167 Å². The van der Waals surface area contributed by atoms with E-state index in [-0.39, 0.29) is 49.3 Å². The van der Waals surface area contributed by atoms with Crippen molar-refractivity contribution < 1.29 is 19.1 Å². The second-order valence-electron chi connectivity index (χ2n) is 8.02. The Morgan fingerprint density at radius 1 is 1.11 bits per heavy atom. The molecule has 3 amide bonds. The number of benzene rings is 1. The number of carbonyl (C=O) groups excluding carboxylic acids is 3. The largest absolute Gasteiger partial charge is 0.497 e. The summed E-state index contributed by atoms with van der Waals surface area (Å²) in [6.45, 7) is 8.76. The molecule has 28 heavy (non-hydrogen) atoms. The highest BCUT2D eigenvalue weighted by molar-refractivity contribution is 6.00. The van der Waals surface area contributed by atoms with Gasteiger partial charge in [-0.3, -0.25) is 19.3 Å². The van der Waals surface area contributed by atoms with Gasteiger partial charge >= 0.3 is 0 Å². The van der Waals surface area contributed by atoms with Crippen LogP contribution in [0.2, 0.25) is 0 Å². The third kappa shape index (κ3) is 5.71. The van der Waals surface area contributed by atoms with Crippen LogP contribution in [0.4, 0.5) is 5.69 Å². The summed E-state index contributed by atoms with van der Waals surface area (Å²) in [4.78, 5) is 42.4. The molecule has 0 atom stereocenters. The molecule has 7 heteroatoms. The third-order valence-electron chi connectivity index (χ3n) is 4.52. The molecule has 1 aliphatic rings. The molecule has 1 aromatic rings. The predicted octanol–water partition coefficient (Wildman–Crippen LogP) is 2.36. The minimum atomic E-state index is -0.206. The number of carbonyl (C=O) groups is 3. The molecule has 2 rings (SSSR count). The second-order valence-corrected chi connectivity index (χ2v) is 8.02. The van der Waals surface area contributed by atoms with E-state index in [2.05, 4.69) is 0 Å². The van der Waals surface area contributed by atoms with Crippen LogP contribution >= 0.6 is 0 Å². The normalized spacial score (nSPS) is 14.2. The first-order valence-corrected chi connectivity index (χ1v) is 9.71. The van der Waals surface area contributed by atoms with Crippen LogP contribution in [0.1, 0.15) is 34.1 Å². The number of ether oxygens (including phenoxy) is 1. The van der Waals surface area contributed by atoms with E-state index in [1.54, 1.807) is 41.2 Å². The summed E-state index contributed by atoms with van der Waals surface area (Å²) in [6, 6.07) is 7.15. The first-order valence-electron chi connectivity index (χ1n) is 9.71. The predicted molar refractivity (Wildman–Crippen MR) is 108 cm³/mol. The molecule has 0 unspecified atom stereocenters. The maximum Gasteiger partial charge on any atom is 0.248 e. The first-order chi connectivity index (χ1) is 13.2. The van der Waals surface area contributed by atoms with Gasteiger partial charge in [0.05, 0.1) is 13.7 Å². The lowest BCUT2D eigenvalue weighted by molar-refractivity contribution is -0.141. The lowest BCUT2D eigenvalue weighted by Crippen LogP contribution is -2.44. The average molecular weight is 389 g/mol. The lowest BCUT2D eigenvalue weighted by atomic mass is 10.1. The summed E-state index contributed by atoms with van der Waals surface area (Å²) in [5.41, 5.74) is 0.719. The minimum absolute atomic E-state index is 0.00741. The Morgan fingerprint density at radius 2 is 1.75 bits per heavy atom. The highest BCUT2D eigenvalue weighted by Crippen LogP contribution is 2.22. The van der Waals surface area contributed by atoms with Gasteiger partial charge in [-0.2, -0.15) is 0 Å². The Bertz CT molecular complexity index is 700. The fraction of sp³-hybridized carbons (Fsp3) is 0.571. The number of rotatable bonds is 8. The third-order valence-corrected chi connectivity index (χ3v) is 4.52. The van der Waals surface area contributed by atoms with Crippen molar-refractivity contribution >= 4 is 23.4 Å². The van der Waals surface area contributed by atoms with Gasteiger partial charge in [-0.1, -0.05) is 27.7 Å². The number of nitrogens with zero attached hydrogens (tertiary/aromatic N) is 3. The van der Waals surface area contributed by atoms with Gasteiger partial charge in [-0.15, -0.1) is 0 Å². The van der Waals surface area contributed by atoms with Crippen LogP contribution < -0.4 is 9.64 Å². The maximum atomic E-state index is 12.8. The molecule has 1 saturated heterocycles. The summed E-state index contributed by atoms with van der Waals surface area (Å²) in [5.74, 6) is 0.839. The van der Waals surface area contributed by atoms with E-state index in [0.29, 0.717) is 18.7 Å². The van der Waals surface area contributed by atoms with Gasteiger partial charge in [-0.25, -0.2) is 0 Å². The van der Waals surface area contributed by atoms with Crippen LogP contribution in [0.3, 0.4) is 0 Å². The van der Waals surface area contributed by atoms with Gasteiger partial charge in [0, 0.05) is 18.7 Å². The van der Waals surface area contributed by atoms with E-state index in [1.165, 1.54) is 4.90 Å². The number of hydrogen-bond donors (Lipinski definition) is 0. The van der Waals surface area contributed by atoms with Crippen molar-refractivity contribution in [2.45, 2.75) is 34.1 Å². The maximum absolute atomic E-state index is 12.8.